The van der Waals surface area contributed by atoms with Crippen LogP contribution >= 0.6 is 0 Å². The maximum absolute atomic E-state index is 12.4. The van der Waals surface area contributed by atoms with E-state index in [1.54, 1.807) is 12.4 Å². The number of hydrogen-bond donors (Lipinski definition) is 0. The third kappa shape index (κ3) is 5.52. The van der Waals surface area contributed by atoms with Crippen LogP contribution in [0.25, 0.3) is 0 Å². The number of nitrogens with zero attached hydrogens (tertiary/aromatic N) is 4. The molecule has 0 unspecified atom stereocenters. The second-order valence-electron chi connectivity index (χ2n) is 6.41. The van der Waals surface area contributed by atoms with Crippen LogP contribution in [0.1, 0.15) is 24.8 Å². The fraction of sp³-hybridized carbons (Fsp3) is 0.450. The number of rotatable bonds is 7. The Morgan fingerprint density at radius 3 is 2.62 bits per heavy atom. The minimum atomic E-state index is 0.212. The van der Waals surface area contributed by atoms with E-state index in [1.807, 2.05) is 41.3 Å². The van der Waals surface area contributed by atoms with Crippen molar-refractivity contribution in [3.8, 4) is 0 Å². The molecule has 26 heavy (non-hydrogen) atoms. The molecule has 1 saturated heterocycles. The molecule has 3 rings (SSSR count). The molecule has 0 saturated carbocycles. The number of carbonyl (C=O) groups is 1. The second kappa shape index (κ2) is 9.87. The highest BCUT2D eigenvalue weighted by atomic mass is 16.5. The largest absolute Gasteiger partial charge is 0.377 e. The van der Waals surface area contributed by atoms with Gasteiger partial charge in [0, 0.05) is 51.6 Å². The summed E-state index contributed by atoms with van der Waals surface area (Å²) >= 11 is 0. The van der Waals surface area contributed by atoms with Gasteiger partial charge in [0.2, 0.25) is 11.9 Å². The molecule has 6 heteroatoms. The zero-order chi connectivity index (χ0) is 18.0. The molecule has 6 nitrogen and oxygen atoms in total. The van der Waals surface area contributed by atoms with Gasteiger partial charge in [-0.25, -0.2) is 9.97 Å². The second-order valence-corrected chi connectivity index (χ2v) is 6.41. The molecule has 1 aliphatic rings. The van der Waals surface area contributed by atoms with E-state index in [9.17, 15) is 4.79 Å². The summed E-state index contributed by atoms with van der Waals surface area (Å²) in [5, 5.41) is 0. The topological polar surface area (TPSA) is 58.6 Å². The van der Waals surface area contributed by atoms with E-state index in [0.29, 0.717) is 19.6 Å². The summed E-state index contributed by atoms with van der Waals surface area (Å²) in [4.78, 5) is 25.2. The van der Waals surface area contributed by atoms with Crippen molar-refractivity contribution < 1.29 is 9.53 Å². The Kier molecular flexibility index (Phi) is 6.96. The van der Waals surface area contributed by atoms with E-state index in [1.165, 1.54) is 0 Å². The third-order valence-electron chi connectivity index (χ3n) is 4.47. The van der Waals surface area contributed by atoms with E-state index < -0.39 is 0 Å². The summed E-state index contributed by atoms with van der Waals surface area (Å²) in [5.41, 5.74) is 1.16. The molecule has 2 aromatic rings. The van der Waals surface area contributed by atoms with E-state index in [2.05, 4.69) is 14.9 Å². The van der Waals surface area contributed by atoms with Gasteiger partial charge in [-0.15, -0.1) is 0 Å². The number of amides is 1. The summed E-state index contributed by atoms with van der Waals surface area (Å²) < 4.78 is 5.66. The lowest BCUT2D eigenvalue weighted by molar-refractivity contribution is -0.131. The molecular weight excluding hydrogens is 328 g/mol. The van der Waals surface area contributed by atoms with Crippen LogP contribution in [0, 0.1) is 0 Å². The van der Waals surface area contributed by atoms with Gasteiger partial charge in [-0.1, -0.05) is 30.3 Å². The maximum atomic E-state index is 12.4. The normalized spacial score (nSPS) is 14.9. The highest BCUT2D eigenvalue weighted by Gasteiger charge is 2.19. The van der Waals surface area contributed by atoms with Gasteiger partial charge in [-0.2, -0.15) is 0 Å². The first kappa shape index (κ1) is 18.3. The Morgan fingerprint density at radius 2 is 1.81 bits per heavy atom. The van der Waals surface area contributed by atoms with Gasteiger partial charge in [0.25, 0.3) is 0 Å². The average molecular weight is 354 g/mol. The van der Waals surface area contributed by atoms with E-state index in [4.69, 9.17) is 4.74 Å². The van der Waals surface area contributed by atoms with Crippen molar-refractivity contribution in [2.45, 2.75) is 25.9 Å². The first-order chi connectivity index (χ1) is 12.8. The van der Waals surface area contributed by atoms with Gasteiger partial charge >= 0.3 is 0 Å². The SMILES string of the molecule is O=C(CCCOCc1ccccc1)N1CCCN(c2ncccn2)CC1. The number of carbonyl (C=O) groups excluding carboxylic acids is 1. The Morgan fingerprint density at radius 1 is 1.00 bits per heavy atom. The molecule has 1 aromatic heterocycles. The summed E-state index contributed by atoms with van der Waals surface area (Å²) in [7, 11) is 0. The monoisotopic (exact) mass is 354 g/mol. The molecule has 0 atom stereocenters. The molecule has 2 heterocycles. The van der Waals surface area contributed by atoms with Crippen molar-refractivity contribution in [2.24, 2.45) is 0 Å². The molecule has 0 aliphatic carbocycles. The maximum Gasteiger partial charge on any atom is 0.225 e. The fourth-order valence-electron chi connectivity index (χ4n) is 3.07. The lowest BCUT2D eigenvalue weighted by atomic mass is 10.2. The highest BCUT2D eigenvalue weighted by Crippen LogP contribution is 2.11. The minimum absolute atomic E-state index is 0.212. The molecule has 0 spiro atoms. The van der Waals surface area contributed by atoms with Crippen LogP contribution in [0.3, 0.4) is 0 Å². The Bertz CT molecular complexity index is 666. The number of anilines is 1. The van der Waals surface area contributed by atoms with Crippen molar-refractivity contribution >= 4 is 11.9 Å². The number of ether oxygens (including phenoxy) is 1. The van der Waals surface area contributed by atoms with Crippen molar-refractivity contribution in [3.63, 3.8) is 0 Å². The zero-order valence-corrected chi connectivity index (χ0v) is 15.1. The van der Waals surface area contributed by atoms with Crippen LogP contribution in [0.4, 0.5) is 5.95 Å². The minimum Gasteiger partial charge on any atom is -0.377 e. The van der Waals surface area contributed by atoms with Gasteiger partial charge in [0.1, 0.15) is 0 Å². The smallest absolute Gasteiger partial charge is 0.225 e. The first-order valence-corrected chi connectivity index (χ1v) is 9.24. The van der Waals surface area contributed by atoms with Gasteiger partial charge in [0.05, 0.1) is 6.61 Å². The lowest BCUT2D eigenvalue weighted by Crippen LogP contribution is -2.35. The molecule has 1 aromatic carbocycles. The average Bonchev–Trinajstić information content (AvgIpc) is 2.95. The van der Waals surface area contributed by atoms with Crippen molar-refractivity contribution in [3.05, 3.63) is 54.4 Å². The Labute approximate surface area is 154 Å². The van der Waals surface area contributed by atoms with Crippen LogP contribution < -0.4 is 4.90 Å². The van der Waals surface area contributed by atoms with Gasteiger partial charge in [-0.3, -0.25) is 4.79 Å². The van der Waals surface area contributed by atoms with Crippen molar-refractivity contribution in [2.75, 3.05) is 37.7 Å². The third-order valence-corrected chi connectivity index (χ3v) is 4.47. The van der Waals surface area contributed by atoms with Gasteiger partial charge in [0.15, 0.2) is 0 Å². The molecule has 0 bridgehead atoms. The number of hydrogen-bond acceptors (Lipinski definition) is 5. The van der Waals surface area contributed by atoms with Crippen molar-refractivity contribution in [1.29, 1.82) is 0 Å². The molecular formula is C20H26N4O2. The highest BCUT2D eigenvalue weighted by molar-refractivity contribution is 5.76. The standard InChI is InChI=1S/C20H26N4O2/c25-19(9-4-16-26-17-18-7-2-1-3-8-18)23-12-6-13-24(15-14-23)20-21-10-5-11-22-20/h1-3,5,7-8,10-11H,4,6,9,12-17H2. The number of benzene rings is 1. The summed E-state index contributed by atoms with van der Waals surface area (Å²) in [6.45, 7) is 4.40. The van der Waals surface area contributed by atoms with E-state index >= 15 is 0 Å². The summed E-state index contributed by atoms with van der Waals surface area (Å²) in [6.07, 6.45) is 5.75. The van der Waals surface area contributed by atoms with Crippen LogP contribution in [-0.4, -0.2) is 53.6 Å². The van der Waals surface area contributed by atoms with Crippen LogP contribution in [-0.2, 0) is 16.1 Å². The fourth-order valence-corrected chi connectivity index (χ4v) is 3.07. The molecule has 1 fully saturated rings. The molecule has 1 amide bonds. The molecule has 1 aliphatic heterocycles. The first-order valence-electron chi connectivity index (χ1n) is 9.24. The Hall–Kier alpha value is -2.47. The number of aromatic nitrogens is 2. The van der Waals surface area contributed by atoms with Crippen LogP contribution in [0.5, 0.6) is 0 Å². The predicted octanol–water partition coefficient (Wildman–Crippen LogP) is 2.51. The van der Waals surface area contributed by atoms with E-state index in [-0.39, 0.29) is 5.91 Å². The predicted molar refractivity (Wildman–Crippen MR) is 101 cm³/mol. The van der Waals surface area contributed by atoms with E-state index in [0.717, 1.165) is 50.5 Å². The lowest BCUT2D eigenvalue weighted by Gasteiger charge is -2.22. The molecule has 0 radical (unpaired) electrons. The van der Waals surface area contributed by atoms with Crippen molar-refractivity contribution in [1.82, 2.24) is 14.9 Å². The quantitative estimate of drug-likeness (QED) is 0.715. The summed E-state index contributed by atoms with van der Waals surface area (Å²) in [6, 6.07) is 11.9. The zero-order valence-electron chi connectivity index (χ0n) is 15.1. The molecule has 138 valence electrons. The van der Waals surface area contributed by atoms with Gasteiger partial charge in [-0.05, 0) is 24.5 Å². The van der Waals surface area contributed by atoms with Crippen LogP contribution in [0.15, 0.2) is 48.8 Å². The Balaban J connectivity index is 1.36. The molecule has 0 N–H and O–H groups in total. The summed E-state index contributed by atoms with van der Waals surface area (Å²) in [5.74, 6) is 0.959. The van der Waals surface area contributed by atoms with Crippen LogP contribution in [0.2, 0.25) is 0 Å². The van der Waals surface area contributed by atoms with Gasteiger partial charge < -0.3 is 14.5 Å².